The predicted molar refractivity (Wildman–Crippen MR) is 108 cm³/mol. The molecule has 1 N–H and O–H groups in total. The minimum Gasteiger partial charge on any atom is -0.356 e. The summed E-state index contributed by atoms with van der Waals surface area (Å²) in [4.78, 5) is 15.2. The van der Waals surface area contributed by atoms with Crippen molar-refractivity contribution in [1.29, 1.82) is 0 Å². The maximum absolute atomic E-state index is 13.3. The molecule has 4 heterocycles. The van der Waals surface area contributed by atoms with Crippen molar-refractivity contribution >= 4 is 5.91 Å². The van der Waals surface area contributed by atoms with Crippen LogP contribution in [0.2, 0.25) is 0 Å². The largest absolute Gasteiger partial charge is 0.356 e. The fourth-order valence-electron chi connectivity index (χ4n) is 3.94. The smallest absolute Gasteiger partial charge is 0.274 e. The van der Waals surface area contributed by atoms with E-state index in [2.05, 4.69) is 29.2 Å². The van der Waals surface area contributed by atoms with Crippen LogP contribution in [-0.4, -0.2) is 42.5 Å². The van der Waals surface area contributed by atoms with Gasteiger partial charge < -0.3 is 9.42 Å². The molecule has 0 aromatic carbocycles. The molecule has 8 heteroatoms. The van der Waals surface area contributed by atoms with E-state index in [-0.39, 0.29) is 11.9 Å². The van der Waals surface area contributed by atoms with E-state index in [1.807, 2.05) is 38.1 Å². The summed E-state index contributed by atoms with van der Waals surface area (Å²) in [6.07, 6.45) is 4.84. The number of aromatic amines is 1. The Balaban J connectivity index is 1.71. The van der Waals surface area contributed by atoms with Gasteiger partial charge in [-0.2, -0.15) is 10.2 Å². The number of H-pyrrole nitrogens is 1. The molecule has 1 aliphatic heterocycles. The zero-order chi connectivity index (χ0) is 20.7. The number of hydrogen-bond acceptors (Lipinski definition) is 5. The molecule has 1 saturated heterocycles. The number of nitrogens with one attached hydrogen (secondary N) is 1. The molecule has 1 aliphatic rings. The number of carbonyl (C=O) groups is 1. The number of piperidine rings is 1. The number of amides is 1. The maximum atomic E-state index is 13.3. The van der Waals surface area contributed by atoms with E-state index in [4.69, 9.17) is 9.62 Å². The minimum atomic E-state index is -0.114. The number of nitrogens with zero attached hydrogens (tertiary/aromatic N) is 5. The molecular formula is C21H28N6O2. The number of aromatic nitrogens is 5. The summed E-state index contributed by atoms with van der Waals surface area (Å²) in [5.41, 5.74) is 5.06. The highest BCUT2D eigenvalue weighted by Crippen LogP contribution is 2.38. The molecule has 0 saturated carbocycles. The second-order valence-electron chi connectivity index (χ2n) is 8.20. The van der Waals surface area contributed by atoms with Gasteiger partial charge in [0.25, 0.3) is 5.91 Å². The number of likely N-dealkylation sites (tertiary alicyclic amines) is 1. The van der Waals surface area contributed by atoms with E-state index in [0.29, 0.717) is 18.2 Å². The van der Waals surface area contributed by atoms with Gasteiger partial charge in [0.1, 0.15) is 5.69 Å². The van der Waals surface area contributed by atoms with E-state index >= 15 is 0 Å². The van der Waals surface area contributed by atoms with Gasteiger partial charge >= 0.3 is 0 Å². The van der Waals surface area contributed by atoms with Crippen molar-refractivity contribution < 1.29 is 9.32 Å². The molecule has 1 amide bonds. The van der Waals surface area contributed by atoms with Gasteiger partial charge in [0.2, 0.25) is 0 Å². The highest BCUT2D eigenvalue weighted by molar-refractivity contribution is 5.93. The van der Waals surface area contributed by atoms with Crippen LogP contribution in [0.25, 0.3) is 11.3 Å². The second-order valence-corrected chi connectivity index (χ2v) is 8.20. The maximum Gasteiger partial charge on any atom is 0.274 e. The molecule has 8 nitrogen and oxygen atoms in total. The third kappa shape index (κ3) is 3.47. The number of aryl methyl sites for hydroxylation is 2. The van der Waals surface area contributed by atoms with Crippen LogP contribution in [0.5, 0.6) is 0 Å². The van der Waals surface area contributed by atoms with Gasteiger partial charge in [-0.15, -0.1) is 0 Å². The third-order valence-corrected chi connectivity index (χ3v) is 5.78. The number of rotatable bonds is 4. The Labute approximate surface area is 170 Å². The lowest BCUT2D eigenvalue weighted by molar-refractivity contribution is 0.0599. The van der Waals surface area contributed by atoms with Gasteiger partial charge in [-0.3, -0.25) is 14.6 Å². The van der Waals surface area contributed by atoms with E-state index in [1.165, 1.54) is 0 Å². The van der Waals surface area contributed by atoms with Crippen LogP contribution in [0.3, 0.4) is 0 Å². The second kappa shape index (κ2) is 7.50. The van der Waals surface area contributed by atoms with Crippen molar-refractivity contribution in [3.05, 3.63) is 40.6 Å². The van der Waals surface area contributed by atoms with Crippen LogP contribution < -0.4 is 0 Å². The number of carbonyl (C=O) groups excluding carboxylic acids is 1. The fourth-order valence-corrected chi connectivity index (χ4v) is 3.94. The normalized spacial score (nSPS) is 17.3. The predicted octanol–water partition coefficient (Wildman–Crippen LogP) is 3.91. The summed E-state index contributed by atoms with van der Waals surface area (Å²) < 4.78 is 7.39. The van der Waals surface area contributed by atoms with Crippen molar-refractivity contribution in [3.8, 4) is 11.3 Å². The highest BCUT2D eigenvalue weighted by atomic mass is 16.5. The highest BCUT2D eigenvalue weighted by Gasteiger charge is 2.34. The summed E-state index contributed by atoms with van der Waals surface area (Å²) in [5.74, 6) is 0.964. The Morgan fingerprint density at radius 3 is 2.76 bits per heavy atom. The first-order valence-corrected chi connectivity index (χ1v) is 10.2. The first-order valence-electron chi connectivity index (χ1n) is 10.2. The average molecular weight is 396 g/mol. The van der Waals surface area contributed by atoms with Crippen LogP contribution in [0.15, 0.2) is 16.8 Å². The van der Waals surface area contributed by atoms with Crippen molar-refractivity contribution in [2.45, 2.75) is 58.9 Å². The summed E-state index contributed by atoms with van der Waals surface area (Å²) in [6.45, 7) is 8.77. The molecule has 0 radical (unpaired) electrons. The van der Waals surface area contributed by atoms with Crippen molar-refractivity contribution in [2.24, 2.45) is 7.05 Å². The standard InChI is InChI=1S/C21H28N6O2/c1-12(2)16-10-17(23-22-16)21(28)27-9-7-6-8-18(27)19-15(11-26(5)24-19)20-13(3)14(4)25-29-20/h10-12,18H,6-9H2,1-5H3,(H,22,23)/t18-/m0/s1. The van der Waals surface area contributed by atoms with E-state index in [1.54, 1.807) is 4.68 Å². The molecule has 0 spiro atoms. The Bertz CT molecular complexity index is 1030. The van der Waals surface area contributed by atoms with E-state index in [9.17, 15) is 4.79 Å². The Morgan fingerprint density at radius 2 is 2.10 bits per heavy atom. The van der Waals surface area contributed by atoms with E-state index in [0.717, 1.165) is 53.2 Å². The lowest BCUT2D eigenvalue weighted by Crippen LogP contribution is -2.39. The molecule has 0 aliphatic carbocycles. The summed E-state index contributed by atoms with van der Waals surface area (Å²) >= 11 is 0. The summed E-state index contributed by atoms with van der Waals surface area (Å²) in [7, 11) is 1.89. The lowest BCUT2D eigenvalue weighted by Gasteiger charge is -2.34. The van der Waals surface area contributed by atoms with Crippen LogP contribution >= 0.6 is 0 Å². The minimum absolute atomic E-state index is 0.0556. The quantitative estimate of drug-likeness (QED) is 0.722. The molecule has 1 atom stereocenters. The average Bonchev–Trinajstić information content (AvgIpc) is 3.41. The molecule has 3 aromatic rings. The van der Waals surface area contributed by atoms with Gasteiger partial charge in [-0.25, -0.2) is 0 Å². The molecule has 0 bridgehead atoms. The van der Waals surface area contributed by atoms with Gasteiger partial charge in [-0.05, 0) is 45.1 Å². The fraction of sp³-hybridized carbons (Fsp3) is 0.524. The van der Waals surface area contributed by atoms with Crippen LogP contribution in [0.1, 0.15) is 78.2 Å². The SMILES string of the molecule is Cc1noc(-c2cn(C)nc2[C@@H]2CCCCN2C(=O)c2cc(C(C)C)[nH]n2)c1C. The van der Waals surface area contributed by atoms with Gasteiger partial charge in [0.05, 0.1) is 23.0 Å². The van der Waals surface area contributed by atoms with Gasteiger partial charge in [0, 0.05) is 31.0 Å². The van der Waals surface area contributed by atoms with Crippen molar-refractivity contribution in [2.75, 3.05) is 6.54 Å². The molecule has 3 aromatic heterocycles. The van der Waals surface area contributed by atoms with Crippen molar-refractivity contribution in [1.82, 2.24) is 30.0 Å². The summed E-state index contributed by atoms with van der Waals surface area (Å²) in [5, 5.41) is 16.1. The molecule has 0 unspecified atom stereocenters. The first-order chi connectivity index (χ1) is 13.9. The first kappa shape index (κ1) is 19.4. The Kier molecular flexibility index (Phi) is 5.02. The third-order valence-electron chi connectivity index (χ3n) is 5.78. The molecular weight excluding hydrogens is 368 g/mol. The summed E-state index contributed by atoms with van der Waals surface area (Å²) in [6, 6.07) is 1.75. The topological polar surface area (TPSA) is 92.8 Å². The monoisotopic (exact) mass is 396 g/mol. The Hall–Kier alpha value is -2.90. The molecule has 4 rings (SSSR count). The van der Waals surface area contributed by atoms with E-state index < -0.39 is 0 Å². The molecule has 29 heavy (non-hydrogen) atoms. The van der Waals surface area contributed by atoms with Crippen LogP contribution in [-0.2, 0) is 7.05 Å². The van der Waals surface area contributed by atoms with Gasteiger partial charge in [0.15, 0.2) is 5.76 Å². The van der Waals surface area contributed by atoms with Crippen LogP contribution in [0, 0.1) is 13.8 Å². The zero-order valence-electron chi connectivity index (χ0n) is 17.7. The van der Waals surface area contributed by atoms with Crippen LogP contribution in [0.4, 0.5) is 0 Å². The molecule has 1 fully saturated rings. The molecule has 154 valence electrons. The number of hydrogen-bond donors (Lipinski definition) is 1. The zero-order valence-corrected chi connectivity index (χ0v) is 17.7. The Morgan fingerprint density at radius 1 is 1.31 bits per heavy atom. The van der Waals surface area contributed by atoms with Gasteiger partial charge in [-0.1, -0.05) is 19.0 Å². The lowest BCUT2D eigenvalue weighted by atomic mass is 9.95. The van der Waals surface area contributed by atoms with Crippen molar-refractivity contribution in [3.63, 3.8) is 0 Å².